The van der Waals surface area contributed by atoms with Crippen molar-refractivity contribution in [3.63, 3.8) is 0 Å². The molecule has 0 amide bonds. The van der Waals surface area contributed by atoms with Gasteiger partial charge in [0.2, 0.25) is 0 Å². The van der Waals surface area contributed by atoms with Gasteiger partial charge in [-0.05, 0) is 56.8 Å². The van der Waals surface area contributed by atoms with Crippen LogP contribution in [-0.2, 0) is 4.74 Å². The largest absolute Gasteiger partial charge is 0.381 e. The number of nitrogens with zero attached hydrogens (tertiary/aromatic N) is 2. The van der Waals surface area contributed by atoms with Crippen LogP contribution >= 0.6 is 0 Å². The van der Waals surface area contributed by atoms with E-state index in [9.17, 15) is 0 Å². The van der Waals surface area contributed by atoms with E-state index < -0.39 is 0 Å². The number of ether oxygens (including phenoxy) is 1. The van der Waals surface area contributed by atoms with Crippen LogP contribution in [0.3, 0.4) is 0 Å². The molecule has 3 atom stereocenters. The highest BCUT2D eigenvalue weighted by Gasteiger charge is 2.24. The number of guanidine groups is 1. The predicted molar refractivity (Wildman–Crippen MR) is 113 cm³/mol. The number of piperidine rings is 1. The third-order valence-electron chi connectivity index (χ3n) is 6.67. The fourth-order valence-corrected chi connectivity index (χ4v) is 5.05. The molecule has 3 unspecified atom stereocenters. The van der Waals surface area contributed by atoms with E-state index in [0.717, 1.165) is 50.0 Å². The summed E-state index contributed by atoms with van der Waals surface area (Å²) in [6.07, 6.45) is 10.6. The maximum absolute atomic E-state index is 5.52. The maximum Gasteiger partial charge on any atom is 0.191 e. The third kappa shape index (κ3) is 7.26. The second-order valence-corrected chi connectivity index (χ2v) is 9.14. The molecule has 0 aromatic carbocycles. The van der Waals surface area contributed by atoms with Crippen molar-refractivity contribution in [2.75, 3.05) is 45.9 Å². The molecule has 0 bridgehead atoms. The Morgan fingerprint density at radius 1 is 1.11 bits per heavy atom. The standard InChI is InChI=1S/C22H42N4O/c1-3-23-22(24-11-7-19-6-4-5-18(2)15-19)25-21-8-12-26(13-9-21)16-20-10-14-27-17-20/h18-21H,3-17H2,1-2H3,(H2,23,24,25). The van der Waals surface area contributed by atoms with E-state index in [-0.39, 0.29) is 0 Å². The predicted octanol–water partition coefficient (Wildman–Crippen LogP) is 3.26. The van der Waals surface area contributed by atoms with E-state index in [1.165, 1.54) is 71.0 Å². The summed E-state index contributed by atoms with van der Waals surface area (Å²) in [5, 5.41) is 7.16. The van der Waals surface area contributed by atoms with Crippen molar-refractivity contribution >= 4 is 5.96 Å². The van der Waals surface area contributed by atoms with E-state index in [1.807, 2.05) is 0 Å². The summed E-state index contributed by atoms with van der Waals surface area (Å²) in [5.41, 5.74) is 0. The van der Waals surface area contributed by atoms with Gasteiger partial charge < -0.3 is 20.3 Å². The Kier molecular flexibility index (Phi) is 8.72. The Morgan fingerprint density at radius 3 is 2.67 bits per heavy atom. The molecule has 1 saturated carbocycles. The molecule has 3 fully saturated rings. The first-order chi connectivity index (χ1) is 13.2. The van der Waals surface area contributed by atoms with Gasteiger partial charge in [0.05, 0.1) is 6.61 Å². The molecule has 2 heterocycles. The lowest BCUT2D eigenvalue weighted by Gasteiger charge is -2.34. The van der Waals surface area contributed by atoms with Gasteiger partial charge in [-0.1, -0.05) is 26.2 Å². The van der Waals surface area contributed by atoms with Crippen LogP contribution < -0.4 is 10.6 Å². The van der Waals surface area contributed by atoms with Crippen molar-refractivity contribution in [1.82, 2.24) is 15.5 Å². The van der Waals surface area contributed by atoms with Gasteiger partial charge >= 0.3 is 0 Å². The van der Waals surface area contributed by atoms with Crippen molar-refractivity contribution in [2.45, 2.75) is 71.3 Å². The first-order valence-corrected chi connectivity index (χ1v) is 11.6. The number of rotatable bonds is 7. The smallest absolute Gasteiger partial charge is 0.191 e. The lowest BCUT2D eigenvalue weighted by Crippen LogP contribution is -2.49. The number of hydrogen-bond donors (Lipinski definition) is 2. The zero-order valence-electron chi connectivity index (χ0n) is 17.7. The maximum atomic E-state index is 5.52. The molecule has 0 aromatic rings. The second-order valence-electron chi connectivity index (χ2n) is 9.14. The van der Waals surface area contributed by atoms with Gasteiger partial charge in [-0.15, -0.1) is 0 Å². The number of nitrogens with one attached hydrogen (secondary N) is 2. The van der Waals surface area contributed by atoms with E-state index in [4.69, 9.17) is 9.73 Å². The summed E-state index contributed by atoms with van der Waals surface area (Å²) in [6, 6.07) is 0.564. The minimum absolute atomic E-state index is 0.564. The molecule has 2 saturated heterocycles. The number of hydrogen-bond acceptors (Lipinski definition) is 3. The Labute approximate surface area is 166 Å². The second kappa shape index (κ2) is 11.3. The lowest BCUT2D eigenvalue weighted by atomic mass is 9.81. The summed E-state index contributed by atoms with van der Waals surface area (Å²) < 4.78 is 5.52. The van der Waals surface area contributed by atoms with Crippen molar-refractivity contribution in [2.24, 2.45) is 22.7 Å². The molecule has 5 nitrogen and oxygen atoms in total. The molecule has 0 spiro atoms. The van der Waals surface area contributed by atoms with Crippen LogP contribution in [0, 0.1) is 17.8 Å². The van der Waals surface area contributed by atoms with E-state index >= 15 is 0 Å². The van der Waals surface area contributed by atoms with Crippen molar-refractivity contribution in [3.05, 3.63) is 0 Å². The highest BCUT2D eigenvalue weighted by atomic mass is 16.5. The Bertz CT molecular complexity index is 442. The molecule has 3 rings (SSSR count). The SMILES string of the molecule is CCNC(=NCCC1CCCC(C)C1)NC1CCN(CC2CCOC2)CC1. The van der Waals surface area contributed by atoms with Crippen molar-refractivity contribution in [3.8, 4) is 0 Å². The average Bonchev–Trinajstić information content (AvgIpc) is 3.17. The van der Waals surface area contributed by atoms with Crippen LogP contribution in [0.4, 0.5) is 0 Å². The molecule has 5 heteroatoms. The summed E-state index contributed by atoms with van der Waals surface area (Å²) in [6.45, 7) is 12.0. The van der Waals surface area contributed by atoms with Crippen molar-refractivity contribution < 1.29 is 4.74 Å². The van der Waals surface area contributed by atoms with Gasteiger partial charge in [0, 0.05) is 45.4 Å². The molecule has 156 valence electrons. The third-order valence-corrected chi connectivity index (χ3v) is 6.67. The monoisotopic (exact) mass is 378 g/mol. The summed E-state index contributed by atoms with van der Waals surface area (Å²) in [4.78, 5) is 7.52. The van der Waals surface area contributed by atoms with Crippen LogP contribution in [0.25, 0.3) is 0 Å². The summed E-state index contributed by atoms with van der Waals surface area (Å²) >= 11 is 0. The number of aliphatic imine (C=N–C) groups is 1. The molecular weight excluding hydrogens is 336 g/mol. The summed E-state index contributed by atoms with van der Waals surface area (Å²) in [5.74, 6) is 3.60. The minimum atomic E-state index is 0.564. The molecule has 3 aliphatic rings. The fraction of sp³-hybridized carbons (Fsp3) is 0.955. The zero-order valence-corrected chi connectivity index (χ0v) is 17.7. The van der Waals surface area contributed by atoms with Crippen LogP contribution in [-0.4, -0.2) is 62.8 Å². The van der Waals surface area contributed by atoms with Gasteiger partial charge in [-0.3, -0.25) is 4.99 Å². The van der Waals surface area contributed by atoms with Crippen molar-refractivity contribution in [1.29, 1.82) is 0 Å². The molecule has 2 aliphatic heterocycles. The topological polar surface area (TPSA) is 48.9 Å². The normalized spacial score (nSPS) is 31.2. The fourth-order valence-electron chi connectivity index (χ4n) is 5.05. The Morgan fingerprint density at radius 2 is 1.96 bits per heavy atom. The molecule has 0 aromatic heterocycles. The molecule has 2 N–H and O–H groups in total. The quantitative estimate of drug-likeness (QED) is 0.527. The van der Waals surface area contributed by atoms with Gasteiger partial charge in [0.1, 0.15) is 0 Å². The van der Waals surface area contributed by atoms with E-state index in [1.54, 1.807) is 0 Å². The molecular formula is C22H42N4O. The molecule has 0 radical (unpaired) electrons. The summed E-state index contributed by atoms with van der Waals surface area (Å²) in [7, 11) is 0. The van der Waals surface area contributed by atoms with E-state index in [2.05, 4.69) is 29.4 Å². The Balaban J connectivity index is 1.37. The number of likely N-dealkylation sites (tertiary alicyclic amines) is 1. The van der Waals surface area contributed by atoms with Crippen LogP contribution in [0.2, 0.25) is 0 Å². The van der Waals surface area contributed by atoms with Gasteiger partial charge in [0.15, 0.2) is 5.96 Å². The van der Waals surface area contributed by atoms with Crippen LogP contribution in [0.5, 0.6) is 0 Å². The lowest BCUT2D eigenvalue weighted by molar-refractivity contribution is 0.150. The van der Waals surface area contributed by atoms with Gasteiger partial charge in [-0.2, -0.15) is 0 Å². The Hall–Kier alpha value is -0.810. The highest BCUT2D eigenvalue weighted by Crippen LogP contribution is 2.30. The van der Waals surface area contributed by atoms with Crippen LogP contribution in [0.1, 0.15) is 65.2 Å². The van der Waals surface area contributed by atoms with Crippen LogP contribution in [0.15, 0.2) is 4.99 Å². The first kappa shape index (κ1) is 20.9. The van der Waals surface area contributed by atoms with Gasteiger partial charge in [0.25, 0.3) is 0 Å². The zero-order chi connectivity index (χ0) is 18.9. The van der Waals surface area contributed by atoms with Gasteiger partial charge in [-0.25, -0.2) is 0 Å². The molecule has 1 aliphatic carbocycles. The highest BCUT2D eigenvalue weighted by molar-refractivity contribution is 5.80. The first-order valence-electron chi connectivity index (χ1n) is 11.6. The van der Waals surface area contributed by atoms with E-state index in [0.29, 0.717) is 6.04 Å². The molecule has 27 heavy (non-hydrogen) atoms. The average molecular weight is 379 g/mol. The minimum Gasteiger partial charge on any atom is -0.381 e.